The maximum Gasteiger partial charge on any atom is 0.375 e. The molecule has 1 heterocycles. The predicted octanol–water partition coefficient (Wildman–Crippen LogP) is 1.93. The minimum atomic E-state index is -0.341. The van der Waals surface area contributed by atoms with Crippen LogP contribution in [0.1, 0.15) is 19.4 Å². The fourth-order valence-corrected chi connectivity index (χ4v) is 3.17. The van der Waals surface area contributed by atoms with E-state index in [1.807, 2.05) is 48.0 Å². The molecule has 0 saturated carbocycles. The van der Waals surface area contributed by atoms with E-state index in [2.05, 4.69) is 6.08 Å². The van der Waals surface area contributed by atoms with E-state index >= 15 is 0 Å². The van der Waals surface area contributed by atoms with Crippen molar-refractivity contribution in [1.29, 1.82) is 0 Å². The Kier molecular flexibility index (Phi) is 3.92. The summed E-state index contributed by atoms with van der Waals surface area (Å²) in [6.45, 7) is 4.68. The van der Waals surface area contributed by atoms with Crippen molar-refractivity contribution in [3.8, 4) is 0 Å². The number of fused-ring (bicyclic) bond motifs is 1. The summed E-state index contributed by atoms with van der Waals surface area (Å²) in [7, 11) is 0. The molecule has 0 aromatic heterocycles. The van der Waals surface area contributed by atoms with Gasteiger partial charge in [0.15, 0.2) is 18.5 Å². The first-order valence-electron chi connectivity index (χ1n) is 7.70. The van der Waals surface area contributed by atoms with Crippen molar-refractivity contribution in [3.63, 3.8) is 0 Å². The van der Waals surface area contributed by atoms with E-state index in [1.165, 1.54) is 0 Å². The van der Waals surface area contributed by atoms with Gasteiger partial charge in [-0.05, 0) is 12.5 Å². The van der Waals surface area contributed by atoms with Crippen molar-refractivity contribution in [2.45, 2.75) is 19.9 Å². The molecule has 2 aliphatic rings. The van der Waals surface area contributed by atoms with E-state index in [0.717, 1.165) is 11.1 Å². The lowest BCUT2D eigenvalue weighted by Gasteiger charge is -2.08. The van der Waals surface area contributed by atoms with Crippen LogP contribution in [0.4, 0.5) is 0 Å². The molecule has 0 amide bonds. The molecule has 1 aliphatic heterocycles. The maximum absolute atomic E-state index is 12.6. The van der Waals surface area contributed by atoms with Gasteiger partial charge in [0.1, 0.15) is 5.92 Å². The number of hydrogen-bond donors (Lipinski definition) is 0. The third kappa shape index (κ3) is 2.49. The monoisotopic (exact) mass is 298 g/mol. The second-order valence-electron chi connectivity index (χ2n) is 5.77. The zero-order chi connectivity index (χ0) is 15.7. The van der Waals surface area contributed by atoms with E-state index in [-0.39, 0.29) is 29.6 Å². The highest BCUT2D eigenvalue weighted by molar-refractivity contribution is 6.28. The Bertz CT molecular complexity index is 660. The van der Waals surface area contributed by atoms with Crippen molar-refractivity contribution in [3.05, 3.63) is 42.0 Å². The van der Waals surface area contributed by atoms with Gasteiger partial charge >= 0.3 is 5.97 Å². The van der Waals surface area contributed by atoms with Gasteiger partial charge in [0.2, 0.25) is 6.04 Å². The number of esters is 1. The molecule has 1 aromatic carbocycles. The molecule has 0 bridgehead atoms. The lowest BCUT2D eigenvalue weighted by molar-refractivity contribution is -0.543. The van der Waals surface area contributed by atoms with Gasteiger partial charge in [-0.1, -0.05) is 36.4 Å². The maximum atomic E-state index is 12.6. The fraction of sp³-hybridized carbons (Fsp3) is 0.389. The largest absolute Gasteiger partial charge is 0.461 e. The van der Waals surface area contributed by atoms with Crippen molar-refractivity contribution < 1.29 is 18.9 Å². The number of carbonyl (C=O) groups excluding carboxylic acids is 2. The van der Waals surface area contributed by atoms with Crippen LogP contribution in [0.15, 0.2) is 36.4 Å². The molecule has 3 atom stereocenters. The van der Waals surface area contributed by atoms with Gasteiger partial charge in [-0.15, -0.1) is 0 Å². The van der Waals surface area contributed by atoms with Gasteiger partial charge in [0.25, 0.3) is 0 Å². The van der Waals surface area contributed by atoms with E-state index in [1.54, 1.807) is 6.92 Å². The Morgan fingerprint density at radius 1 is 1.36 bits per heavy atom. The number of ketones is 1. The third-order valence-corrected chi connectivity index (χ3v) is 4.39. The number of carbonyl (C=O) groups is 2. The SMILES string of the molecule is CCOC(=O)C(C)[N+]1=C[C@H]2C(=O)C(c3ccccc3)=C[C@H]2C1. The van der Waals surface area contributed by atoms with E-state index in [9.17, 15) is 9.59 Å². The Labute approximate surface area is 130 Å². The summed E-state index contributed by atoms with van der Waals surface area (Å²) in [5.41, 5.74) is 1.77. The number of Topliss-reactive ketones (excluding diaryl/α,β-unsaturated/α-hetero) is 1. The predicted molar refractivity (Wildman–Crippen MR) is 83.7 cm³/mol. The van der Waals surface area contributed by atoms with Crippen LogP contribution in [0.2, 0.25) is 0 Å². The van der Waals surface area contributed by atoms with Crippen LogP contribution in [0.5, 0.6) is 0 Å². The normalized spacial score (nSPS) is 24.5. The van der Waals surface area contributed by atoms with Crippen LogP contribution in [0, 0.1) is 11.8 Å². The quantitative estimate of drug-likeness (QED) is 0.630. The van der Waals surface area contributed by atoms with Gasteiger partial charge in [0.05, 0.1) is 12.5 Å². The number of allylic oxidation sites excluding steroid dienone is 1. The Morgan fingerprint density at radius 3 is 2.73 bits per heavy atom. The summed E-state index contributed by atoms with van der Waals surface area (Å²) < 4.78 is 6.99. The molecule has 114 valence electrons. The highest BCUT2D eigenvalue weighted by Crippen LogP contribution is 2.35. The third-order valence-electron chi connectivity index (χ3n) is 4.39. The molecular formula is C18H20NO3+. The Morgan fingerprint density at radius 2 is 2.09 bits per heavy atom. The minimum absolute atomic E-state index is 0.146. The van der Waals surface area contributed by atoms with E-state index < -0.39 is 0 Å². The van der Waals surface area contributed by atoms with Crippen molar-refractivity contribution >= 4 is 23.5 Å². The van der Waals surface area contributed by atoms with Crippen molar-refractivity contribution in [1.82, 2.24) is 0 Å². The van der Waals surface area contributed by atoms with Gasteiger partial charge < -0.3 is 4.74 Å². The average molecular weight is 298 g/mol. The molecule has 1 unspecified atom stereocenters. The fourth-order valence-electron chi connectivity index (χ4n) is 3.17. The van der Waals surface area contributed by atoms with Gasteiger partial charge in [-0.2, -0.15) is 0 Å². The molecule has 0 N–H and O–H groups in total. The summed E-state index contributed by atoms with van der Waals surface area (Å²) >= 11 is 0. The molecule has 3 rings (SSSR count). The number of nitrogens with zero attached hydrogens (tertiary/aromatic N) is 1. The van der Waals surface area contributed by atoms with E-state index in [4.69, 9.17) is 4.74 Å². The topological polar surface area (TPSA) is 46.4 Å². The molecule has 0 fully saturated rings. The first kappa shape index (κ1) is 14.7. The second kappa shape index (κ2) is 5.87. The van der Waals surface area contributed by atoms with Crippen molar-refractivity contribution in [2.24, 2.45) is 11.8 Å². The molecule has 1 aromatic rings. The molecule has 0 radical (unpaired) electrons. The zero-order valence-corrected chi connectivity index (χ0v) is 12.9. The Balaban J connectivity index is 1.76. The van der Waals surface area contributed by atoms with Crippen LogP contribution in [0.25, 0.3) is 5.57 Å². The zero-order valence-electron chi connectivity index (χ0n) is 12.9. The summed E-state index contributed by atoms with van der Waals surface area (Å²) in [6.07, 6.45) is 3.96. The molecule has 1 aliphatic carbocycles. The summed E-state index contributed by atoms with van der Waals surface area (Å²) in [5.74, 6) is -0.0835. The van der Waals surface area contributed by atoms with Crippen LogP contribution in [0.3, 0.4) is 0 Å². The summed E-state index contributed by atoms with van der Waals surface area (Å²) in [4.78, 5) is 24.4. The lowest BCUT2D eigenvalue weighted by atomic mass is 9.97. The first-order chi connectivity index (χ1) is 10.6. The van der Waals surface area contributed by atoms with Crippen molar-refractivity contribution in [2.75, 3.05) is 13.2 Å². The van der Waals surface area contributed by atoms with Crippen LogP contribution in [-0.2, 0) is 14.3 Å². The van der Waals surface area contributed by atoms with Gasteiger partial charge in [-0.25, -0.2) is 9.37 Å². The van der Waals surface area contributed by atoms with Crippen LogP contribution < -0.4 is 0 Å². The highest BCUT2D eigenvalue weighted by atomic mass is 16.5. The minimum Gasteiger partial charge on any atom is -0.461 e. The molecule has 0 spiro atoms. The second-order valence-corrected chi connectivity index (χ2v) is 5.77. The standard InChI is InChI=1S/C18H20NO3/c1-3-22-18(21)12(2)19-10-14-9-15(17(20)16(14)11-19)13-7-5-4-6-8-13/h4-9,11-12,14,16H,3,10H2,1-2H3/q+1/t12?,14-,16+/m0/s1. The molecule has 4 heteroatoms. The average Bonchev–Trinajstić information content (AvgIpc) is 3.07. The van der Waals surface area contributed by atoms with Crippen LogP contribution >= 0.6 is 0 Å². The smallest absolute Gasteiger partial charge is 0.375 e. The molecule has 22 heavy (non-hydrogen) atoms. The van der Waals surface area contributed by atoms with Gasteiger partial charge in [-0.3, -0.25) is 4.79 Å². The van der Waals surface area contributed by atoms with E-state index in [0.29, 0.717) is 13.2 Å². The molecule has 4 nitrogen and oxygen atoms in total. The van der Waals surface area contributed by atoms with Gasteiger partial charge in [0, 0.05) is 12.5 Å². The molecular weight excluding hydrogens is 278 g/mol. The highest BCUT2D eigenvalue weighted by Gasteiger charge is 2.46. The number of benzene rings is 1. The first-order valence-corrected chi connectivity index (χ1v) is 7.70. The van der Waals surface area contributed by atoms with Crippen LogP contribution in [-0.4, -0.2) is 41.7 Å². The number of hydrogen-bond acceptors (Lipinski definition) is 3. The number of rotatable bonds is 4. The summed E-state index contributed by atoms with van der Waals surface area (Å²) in [5, 5.41) is 0. The Hall–Kier alpha value is -2.23. The molecule has 0 saturated heterocycles. The lowest BCUT2D eigenvalue weighted by Crippen LogP contribution is -2.33. The number of ether oxygens (including phenoxy) is 1. The summed E-state index contributed by atoms with van der Waals surface area (Å²) in [6, 6.07) is 9.41.